The van der Waals surface area contributed by atoms with Gasteiger partial charge in [0.25, 0.3) is 0 Å². The Morgan fingerprint density at radius 2 is 1.11 bits per heavy atom. The van der Waals surface area contributed by atoms with Gasteiger partial charge < -0.3 is 0 Å². The van der Waals surface area contributed by atoms with Crippen LogP contribution in [0.2, 0.25) is 0 Å². The van der Waals surface area contributed by atoms with Gasteiger partial charge in [-0.15, -0.1) is 0 Å². The second-order valence-corrected chi connectivity index (χ2v) is 5.97. The summed E-state index contributed by atoms with van der Waals surface area (Å²) in [6, 6.07) is 20.9. The Balaban J connectivity index is 1.85. The van der Waals surface area contributed by atoms with E-state index in [1.54, 1.807) is 0 Å². The summed E-state index contributed by atoms with van der Waals surface area (Å²) in [5.41, 5.74) is 4.88. The van der Waals surface area contributed by atoms with Crippen LogP contribution in [0.25, 0.3) is 0 Å². The van der Waals surface area contributed by atoms with Crippen LogP contribution in [0.15, 0.2) is 67.1 Å². The zero-order valence-electron chi connectivity index (χ0n) is 9.88. The fourth-order valence-corrected chi connectivity index (χ4v) is 4.00. The minimum absolute atomic E-state index is 0.856. The topological polar surface area (TPSA) is 24.7 Å². The van der Waals surface area contributed by atoms with E-state index < -0.39 is 21.7 Å². The molecule has 0 aromatic heterocycles. The standard InChI is InChI=1S/C15H12N2.Sn/c16-14(12-7-3-1-4-8-12)11-15(17)13-9-5-2-6-10-13;/h1-10H,11H2;/q-2;+2. The van der Waals surface area contributed by atoms with E-state index in [0.717, 1.165) is 6.42 Å². The van der Waals surface area contributed by atoms with Gasteiger partial charge in [0.1, 0.15) is 0 Å². The van der Waals surface area contributed by atoms with E-state index in [1.807, 2.05) is 12.1 Å². The van der Waals surface area contributed by atoms with Crippen LogP contribution >= 0.6 is 0 Å². The van der Waals surface area contributed by atoms with E-state index in [0.29, 0.717) is 0 Å². The van der Waals surface area contributed by atoms with Crippen LogP contribution in [0.5, 0.6) is 0 Å². The van der Waals surface area contributed by atoms with Crippen molar-refractivity contribution >= 4 is 33.1 Å². The molecule has 3 rings (SSSR count). The third-order valence-corrected chi connectivity index (χ3v) is 5.03. The zero-order valence-corrected chi connectivity index (χ0v) is 12.7. The molecule has 18 heavy (non-hydrogen) atoms. The summed E-state index contributed by atoms with van der Waals surface area (Å²) >= 11 is -0.975. The SMILES string of the molecule is c1ccc(C2=[N][Sn][N]=C(c3ccccc3)C2)cc1. The second kappa shape index (κ2) is 5.48. The molecule has 0 N–H and O–H groups in total. The molecule has 0 atom stereocenters. The van der Waals surface area contributed by atoms with Crippen LogP contribution < -0.4 is 0 Å². The van der Waals surface area contributed by atoms with E-state index in [9.17, 15) is 0 Å². The molecule has 0 saturated carbocycles. The predicted molar refractivity (Wildman–Crippen MR) is 76.3 cm³/mol. The summed E-state index contributed by atoms with van der Waals surface area (Å²) < 4.78 is 9.35. The van der Waals surface area contributed by atoms with Crippen molar-refractivity contribution in [3.63, 3.8) is 0 Å². The van der Waals surface area contributed by atoms with Gasteiger partial charge in [-0.1, -0.05) is 0 Å². The van der Waals surface area contributed by atoms with E-state index in [1.165, 1.54) is 22.6 Å². The van der Waals surface area contributed by atoms with Crippen molar-refractivity contribution in [1.82, 2.24) is 0 Å². The molecule has 0 bridgehead atoms. The molecule has 1 aliphatic heterocycles. The van der Waals surface area contributed by atoms with Gasteiger partial charge >= 0.3 is 118 Å². The molecule has 1 heterocycles. The fraction of sp³-hybridized carbons (Fsp3) is 0.0667. The van der Waals surface area contributed by atoms with Crippen molar-refractivity contribution in [2.75, 3.05) is 0 Å². The van der Waals surface area contributed by atoms with E-state index in [2.05, 4.69) is 55.0 Å². The molecule has 2 aromatic carbocycles. The Labute approximate surface area is 117 Å². The fourth-order valence-electron chi connectivity index (χ4n) is 1.98. The molecule has 2 radical (unpaired) electrons. The van der Waals surface area contributed by atoms with Crippen LogP contribution in [-0.2, 0) is 0 Å². The maximum absolute atomic E-state index is 4.67. The molecule has 0 saturated heterocycles. The number of hydrogen-bond donors (Lipinski definition) is 0. The first-order valence-corrected chi connectivity index (χ1v) is 8.48. The molecule has 0 unspecified atom stereocenters. The van der Waals surface area contributed by atoms with Gasteiger partial charge in [-0.05, 0) is 0 Å². The van der Waals surface area contributed by atoms with E-state index in [-0.39, 0.29) is 0 Å². The average molecular weight is 339 g/mol. The summed E-state index contributed by atoms with van der Waals surface area (Å²) in [5.74, 6) is 0. The van der Waals surface area contributed by atoms with Crippen molar-refractivity contribution in [1.29, 1.82) is 0 Å². The van der Waals surface area contributed by atoms with Crippen LogP contribution in [0.4, 0.5) is 0 Å². The second-order valence-electron chi connectivity index (χ2n) is 4.13. The molecule has 2 nitrogen and oxygen atoms in total. The molecular formula is C15H12N2Sn. The van der Waals surface area contributed by atoms with Crippen molar-refractivity contribution in [3.05, 3.63) is 71.8 Å². The Kier molecular flexibility index (Phi) is 3.55. The molecule has 1 aliphatic rings. The number of benzene rings is 2. The normalized spacial score (nSPS) is 14.9. The summed E-state index contributed by atoms with van der Waals surface area (Å²) in [6.07, 6.45) is 0.856. The predicted octanol–water partition coefficient (Wildman–Crippen LogP) is 2.90. The van der Waals surface area contributed by atoms with Crippen molar-refractivity contribution in [3.8, 4) is 0 Å². The molecule has 0 fully saturated rings. The van der Waals surface area contributed by atoms with Crippen LogP contribution in [-0.4, -0.2) is 33.1 Å². The van der Waals surface area contributed by atoms with Gasteiger partial charge in [-0.2, -0.15) is 0 Å². The van der Waals surface area contributed by atoms with Gasteiger partial charge in [-0.3, -0.25) is 0 Å². The Hall–Kier alpha value is -1.42. The summed E-state index contributed by atoms with van der Waals surface area (Å²) in [4.78, 5) is 0. The van der Waals surface area contributed by atoms with E-state index in [4.69, 9.17) is 0 Å². The van der Waals surface area contributed by atoms with Crippen molar-refractivity contribution < 1.29 is 0 Å². The van der Waals surface area contributed by atoms with Crippen molar-refractivity contribution in [2.45, 2.75) is 6.42 Å². The van der Waals surface area contributed by atoms with Gasteiger partial charge in [0.15, 0.2) is 0 Å². The molecule has 0 spiro atoms. The van der Waals surface area contributed by atoms with Gasteiger partial charge in [-0.25, -0.2) is 0 Å². The molecule has 2 aromatic rings. The molecule has 3 heteroatoms. The monoisotopic (exact) mass is 340 g/mol. The minimum atomic E-state index is -0.975. The number of hydrogen-bond acceptors (Lipinski definition) is 2. The first-order chi connectivity index (χ1) is 8.93. The average Bonchev–Trinajstić information content (AvgIpc) is 2.49. The summed E-state index contributed by atoms with van der Waals surface area (Å²) in [6.45, 7) is 0. The van der Waals surface area contributed by atoms with Crippen LogP contribution in [0.1, 0.15) is 17.5 Å². The maximum atomic E-state index is 4.67. The van der Waals surface area contributed by atoms with Crippen molar-refractivity contribution in [2.24, 2.45) is 6.43 Å². The number of nitrogens with zero attached hydrogens (tertiary/aromatic N) is 2. The Morgan fingerprint density at radius 3 is 1.56 bits per heavy atom. The molecule has 0 amide bonds. The summed E-state index contributed by atoms with van der Waals surface area (Å²) in [5, 5.41) is 0. The van der Waals surface area contributed by atoms with E-state index >= 15 is 0 Å². The molecule has 86 valence electrons. The third-order valence-electron chi connectivity index (χ3n) is 2.92. The Bertz CT molecular complexity index is 535. The van der Waals surface area contributed by atoms with Gasteiger partial charge in [0, 0.05) is 0 Å². The first-order valence-electron chi connectivity index (χ1n) is 5.92. The van der Waals surface area contributed by atoms with Crippen LogP contribution in [0.3, 0.4) is 0 Å². The Morgan fingerprint density at radius 1 is 0.667 bits per heavy atom. The third kappa shape index (κ3) is 2.53. The summed E-state index contributed by atoms with van der Waals surface area (Å²) in [7, 11) is 0. The molecular weight excluding hydrogens is 327 g/mol. The zero-order chi connectivity index (χ0) is 12.2. The number of rotatable bonds is 2. The van der Waals surface area contributed by atoms with Gasteiger partial charge in [0.05, 0.1) is 0 Å². The quantitative estimate of drug-likeness (QED) is 0.752. The van der Waals surface area contributed by atoms with Crippen LogP contribution in [0, 0.1) is 0 Å². The first kappa shape index (κ1) is 11.7. The molecule has 0 aliphatic carbocycles. The van der Waals surface area contributed by atoms with Gasteiger partial charge in [0.2, 0.25) is 0 Å².